The normalized spacial score (nSPS) is 29.1. The number of fused-ring (bicyclic) bond motifs is 2. The number of allylic oxidation sites excluding steroid dienone is 4. The van der Waals surface area contributed by atoms with Crippen molar-refractivity contribution in [2.45, 2.75) is 305 Å². The van der Waals surface area contributed by atoms with Crippen LogP contribution in [0.4, 0.5) is 65.9 Å². The highest BCUT2D eigenvalue weighted by Crippen LogP contribution is 2.43. The lowest BCUT2D eigenvalue weighted by atomic mass is 9.81. The minimum atomic E-state index is -4.28. The molecule has 0 saturated heterocycles. The first-order valence-electron chi connectivity index (χ1n) is 40.2. The molecule has 14 atom stereocenters. The summed E-state index contributed by atoms with van der Waals surface area (Å²) >= 11 is 3.81. The molecule has 9 heterocycles. The lowest BCUT2D eigenvalue weighted by Crippen LogP contribution is -2.31. The van der Waals surface area contributed by atoms with Crippen molar-refractivity contribution >= 4 is 85.2 Å². The molecule has 15 rings (SSSR count). The van der Waals surface area contributed by atoms with Crippen molar-refractivity contribution in [1.82, 2.24) is 0 Å². The molecule has 9 aliphatic heterocycles. The highest BCUT2D eigenvalue weighted by Gasteiger charge is 2.47. The molecule has 0 spiro atoms. The van der Waals surface area contributed by atoms with Gasteiger partial charge in [0, 0.05) is 77.1 Å². The molecular weight excluding hydrogens is 1600 g/mol. The van der Waals surface area contributed by atoms with Gasteiger partial charge in [0.1, 0.15) is 25.1 Å². The van der Waals surface area contributed by atoms with Crippen LogP contribution < -0.4 is 0 Å². The van der Waals surface area contributed by atoms with E-state index in [4.69, 9.17) is 14.9 Å². The lowest BCUT2D eigenvalue weighted by molar-refractivity contribution is -0.212. The monoisotopic (exact) mass is 1730 g/mol. The number of nitrogens with zero attached hydrogens (tertiary/aromatic N) is 9. The van der Waals surface area contributed by atoms with Gasteiger partial charge >= 0.3 is 30.9 Å². The number of aliphatic imine (C=N–C) groups is 7. The fourth-order valence-electron chi connectivity index (χ4n) is 13.0. The van der Waals surface area contributed by atoms with E-state index in [-0.39, 0.29) is 49.8 Å². The zero-order valence-electron chi connectivity index (χ0n) is 69.7. The quantitative estimate of drug-likeness (QED) is 0.174. The number of aliphatic hydroxyl groups is 3. The molecular formula is C80H130F15N9O8S3. The Hall–Kier alpha value is -4.61. The Labute approximate surface area is 685 Å². The van der Waals surface area contributed by atoms with Crippen LogP contribution in [0.15, 0.2) is 69.1 Å². The second-order valence-electron chi connectivity index (χ2n) is 30.6. The van der Waals surface area contributed by atoms with Crippen LogP contribution in [0.1, 0.15) is 238 Å². The smallest absolute Gasteiger partial charge is 0.428 e. The van der Waals surface area contributed by atoms with E-state index in [0.717, 1.165) is 110 Å². The molecule has 15 aliphatic rings. The van der Waals surface area contributed by atoms with Crippen LogP contribution in [0.5, 0.6) is 0 Å². The molecule has 0 aromatic rings. The van der Waals surface area contributed by atoms with E-state index in [1.807, 2.05) is 25.6 Å². The average Bonchev–Trinajstić information content (AvgIpc) is 1.70. The first-order chi connectivity index (χ1) is 53.8. The number of aliphatic hydroxyl groups excluding tert-OH is 3. The second kappa shape index (κ2) is 56.1. The van der Waals surface area contributed by atoms with Crippen molar-refractivity contribution in [3.63, 3.8) is 0 Å². The minimum absolute atomic E-state index is 0.00347. The van der Waals surface area contributed by atoms with Gasteiger partial charge in [-0.3, -0.25) is 30.0 Å². The van der Waals surface area contributed by atoms with Gasteiger partial charge in [-0.2, -0.15) is 65.9 Å². The maximum Gasteiger partial charge on any atom is 0.428 e. The SMILES string of the molecule is CC1=CCCCC1.CC1=NC(C(F)(F)F)CO1.CC1=NC(C(F)(F)F)CS1.CC1=NCC(C(F)(F)F)O1.CC1=NCC(C(F)(F)F)S1.CC1=NCCC1.CC1=NCCO1.CC1=NCCS1.CC1=NOC(C(F)(F)F)C1.CC1=NOCC1.CC1CC2C=CC1C2.C[C@H]1CCCC[C@@H]1CO.C[C@H]1CCCC[C@H]1CO.C[C@H]1CCCC[C@H]1O. The van der Waals surface area contributed by atoms with Crippen molar-refractivity contribution in [2.24, 2.45) is 92.6 Å². The molecule has 115 heavy (non-hydrogen) atoms. The molecule has 3 N–H and O–H groups in total. The summed E-state index contributed by atoms with van der Waals surface area (Å²) in [5.74, 6) is 8.54. The maximum absolute atomic E-state index is 11.8. The Kier molecular flexibility index (Phi) is 51.9. The highest BCUT2D eigenvalue weighted by atomic mass is 32.2. The lowest BCUT2D eigenvalue weighted by Gasteiger charge is -2.26. The van der Waals surface area contributed by atoms with E-state index in [2.05, 4.69) is 131 Å². The Bertz CT molecular complexity index is 2850. The Balaban J connectivity index is 0.000000421. The van der Waals surface area contributed by atoms with Gasteiger partial charge in [0.2, 0.25) is 12.2 Å². The van der Waals surface area contributed by atoms with Gasteiger partial charge in [-0.25, -0.2) is 4.99 Å². The second-order valence-corrected chi connectivity index (χ2v) is 34.5. The summed E-state index contributed by atoms with van der Waals surface area (Å²) in [5.41, 5.74) is 4.42. The van der Waals surface area contributed by atoms with E-state index >= 15 is 0 Å². The Morgan fingerprint density at radius 1 is 0.470 bits per heavy atom. The van der Waals surface area contributed by atoms with Gasteiger partial charge in [-0.1, -0.05) is 125 Å². The summed E-state index contributed by atoms with van der Waals surface area (Å²) in [7, 11) is 0. The number of thioether (sulfide) groups is 3. The summed E-state index contributed by atoms with van der Waals surface area (Å²) in [6, 6.07) is -3.11. The zero-order valence-corrected chi connectivity index (χ0v) is 72.1. The molecule has 0 aromatic carbocycles. The number of alkyl halides is 15. The summed E-state index contributed by atoms with van der Waals surface area (Å²) in [5, 5.41) is 34.7. The number of hydrogen-bond acceptors (Lipinski definition) is 20. The molecule has 8 unspecified atom stereocenters. The van der Waals surface area contributed by atoms with E-state index in [9.17, 15) is 71.0 Å². The standard InChI is InChI=1S/2C8H16O.C8H12.C7H14O.C7H12.3C5H6F3NO.2C5H6F3NS.C5H9N.2C4H7NO.C4H7NS/c2*1-7-4-2-3-5-8(7)6-9;1-6-4-7-2-3-8(6)5-7;1-6-4-2-3-5-7(6)8;1-7-5-3-2-4-6-7;1-3-9-4(2-10-3)5(6,7)8;1-3-9-2-4(10-3)5(6,7)8;1-3-2-4(10-9-3)5(6,7)8;1-3-9-4(2-10-3)5(6,7)8;1-3-9-2-4(10-3)5(6,7)8;1-5-3-2-4-6-5;1-4-5-2-3-6-4;1-4-2-3-6-5-4;1-4-5-2-3-6-4/h2*7-9H,2-6H2,1H3;2-3,6-8H,4-5H2,1H3;6-8H,2-5H2,1H3;5H,2-4,6H2,1H3;5*4H,2H2,1H3;2-4H2,1H3;3*2-3H2,1H3/t7-,8+;7-,8-;;6-,7+;;;;;;;;;;/m00.0........../s1. The van der Waals surface area contributed by atoms with Crippen LogP contribution in [0.3, 0.4) is 0 Å². The summed E-state index contributed by atoms with van der Waals surface area (Å²) in [4.78, 5) is 34.7. The fourth-order valence-corrected chi connectivity index (χ4v) is 15.3. The van der Waals surface area contributed by atoms with Crippen LogP contribution in [0, 0.1) is 47.3 Å². The molecule has 2 bridgehead atoms. The van der Waals surface area contributed by atoms with Crippen LogP contribution >= 0.6 is 35.3 Å². The van der Waals surface area contributed by atoms with Gasteiger partial charge in [-0.15, -0.1) is 23.5 Å². The highest BCUT2D eigenvalue weighted by molar-refractivity contribution is 8.15. The van der Waals surface area contributed by atoms with Crippen LogP contribution in [0.25, 0.3) is 0 Å². The van der Waals surface area contributed by atoms with E-state index in [1.165, 1.54) is 159 Å². The summed E-state index contributed by atoms with van der Waals surface area (Å²) in [6.45, 7) is 31.3. The number of ether oxygens (including phenoxy) is 3. The molecule has 0 radical (unpaired) electrons. The van der Waals surface area contributed by atoms with E-state index < -0.39 is 60.4 Å². The predicted molar refractivity (Wildman–Crippen MR) is 439 cm³/mol. The zero-order chi connectivity index (χ0) is 86.5. The van der Waals surface area contributed by atoms with Crippen molar-refractivity contribution in [3.8, 4) is 0 Å². The van der Waals surface area contributed by atoms with Gasteiger partial charge < -0.3 is 39.2 Å². The van der Waals surface area contributed by atoms with Crippen LogP contribution in [-0.4, -0.2) is 209 Å². The van der Waals surface area contributed by atoms with Gasteiger partial charge in [0.25, 0.3) is 0 Å². The van der Waals surface area contributed by atoms with E-state index in [1.54, 1.807) is 19.4 Å². The fraction of sp³-hybridized carbons (Fsp3) is 0.838. The topological polar surface area (TPSA) is 218 Å². The molecule has 17 nitrogen and oxygen atoms in total. The number of rotatable bonds is 2. The van der Waals surface area contributed by atoms with Crippen LogP contribution in [0.2, 0.25) is 0 Å². The first-order valence-corrected chi connectivity index (χ1v) is 43.1. The van der Waals surface area contributed by atoms with Gasteiger partial charge in [0.15, 0.2) is 29.8 Å². The molecule has 35 heteroatoms. The molecule has 0 aromatic heterocycles. The third kappa shape index (κ3) is 49.0. The maximum atomic E-state index is 11.8. The predicted octanol–water partition coefficient (Wildman–Crippen LogP) is 22.1. The third-order valence-electron chi connectivity index (χ3n) is 20.4. The Morgan fingerprint density at radius 3 is 1.29 bits per heavy atom. The van der Waals surface area contributed by atoms with Crippen molar-refractivity contribution in [2.75, 3.05) is 77.3 Å². The van der Waals surface area contributed by atoms with Crippen molar-refractivity contribution < 1.29 is 105 Å². The first kappa shape index (κ1) is 106. The number of hydrogen-bond donors (Lipinski definition) is 3. The molecule has 666 valence electrons. The molecule has 0 amide bonds. The van der Waals surface area contributed by atoms with Gasteiger partial charge in [-0.05, 0) is 173 Å². The molecule has 6 aliphatic carbocycles. The Morgan fingerprint density at radius 2 is 1.08 bits per heavy atom. The largest absolute Gasteiger partial charge is 0.479 e. The molecule has 4 saturated carbocycles. The number of halogens is 15. The van der Waals surface area contributed by atoms with Crippen molar-refractivity contribution in [1.29, 1.82) is 0 Å². The van der Waals surface area contributed by atoms with E-state index in [0.29, 0.717) is 46.8 Å². The minimum Gasteiger partial charge on any atom is -0.479 e. The average molecular weight is 1730 g/mol. The van der Waals surface area contributed by atoms with Gasteiger partial charge in [0.05, 0.1) is 52.3 Å². The summed E-state index contributed by atoms with van der Waals surface area (Å²) in [6.07, 6.45) is 9.84. The molecule has 4 fully saturated rings. The van der Waals surface area contributed by atoms with Crippen molar-refractivity contribution in [3.05, 3.63) is 23.8 Å². The number of oxime groups is 2. The third-order valence-corrected chi connectivity index (χ3v) is 23.5. The summed E-state index contributed by atoms with van der Waals surface area (Å²) < 4.78 is 190. The van der Waals surface area contributed by atoms with Crippen LogP contribution in [-0.2, 0) is 23.9 Å².